The van der Waals surface area contributed by atoms with Crippen molar-refractivity contribution < 1.29 is 38.3 Å². The Labute approximate surface area is 322 Å². The maximum Gasteiger partial charge on any atom is 0.356 e. The molecule has 1 fully saturated rings. The van der Waals surface area contributed by atoms with Crippen LogP contribution in [0.25, 0.3) is 0 Å². The normalized spacial score (nSPS) is 16.8. The predicted octanol–water partition coefficient (Wildman–Crippen LogP) is 3.85. The molecule has 15 nitrogen and oxygen atoms in total. The van der Waals surface area contributed by atoms with E-state index in [2.05, 4.69) is 25.8 Å². The van der Waals surface area contributed by atoms with Crippen LogP contribution in [0.15, 0.2) is 86.1 Å². The molecule has 0 bridgehead atoms. The van der Waals surface area contributed by atoms with Gasteiger partial charge in [-0.1, -0.05) is 101 Å². The second kappa shape index (κ2) is 16.7. The molecule has 2 aromatic heterocycles. The quantitative estimate of drug-likeness (QED) is 0.0414. The first-order chi connectivity index (χ1) is 25.5. The number of nitrogens with zero attached hydrogens (tertiary/aromatic N) is 4. The molecule has 0 spiro atoms. The van der Waals surface area contributed by atoms with E-state index in [0.717, 1.165) is 30.0 Å². The van der Waals surface area contributed by atoms with Crippen LogP contribution in [0.2, 0.25) is 4.34 Å². The summed E-state index contributed by atoms with van der Waals surface area (Å²) in [4.78, 5) is 90.9. The van der Waals surface area contributed by atoms with Crippen molar-refractivity contribution in [1.29, 1.82) is 0 Å². The van der Waals surface area contributed by atoms with E-state index in [-0.39, 0.29) is 33.0 Å². The van der Waals surface area contributed by atoms with Crippen LogP contribution in [0.4, 0.5) is 5.13 Å². The molecule has 53 heavy (non-hydrogen) atoms. The second-order valence-corrected chi connectivity index (χ2v) is 15.9. The van der Waals surface area contributed by atoms with Crippen LogP contribution in [0.5, 0.6) is 0 Å². The number of β-lactam (4-membered cyclic amide) rings is 1. The molecule has 2 aromatic carbocycles. The highest BCUT2D eigenvalue weighted by Crippen LogP contribution is 2.46. The van der Waals surface area contributed by atoms with Gasteiger partial charge in [-0.15, -0.1) is 23.1 Å². The van der Waals surface area contributed by atoms with Crippen LogP contribution >= 0.6 is 57.8 Å². The van der Waals surface area contributed by atoms with Crippen molar-refractivity contribution >= 4 is 105 Å². The van der Waals surface area contributed by atoms with Gasteiger partial charge >= 0.3 is 11.9 Å². The number of esters is 1. The van der Waals surface area contributed by atoms with E-state index in [0.29, 0.717) is 32.5 Å². The fraction of sp³-hybridized carbons (Fsp3) is 0.182. The van der Waals surface area contributed by atoms with Crippen LogP contribution in [-0.4, -0.2) is 73.8 Å². The molecule has 0 radical (unpaired) electrons. The number of oxime groups is 1. The lowest BCUT2D eigenvalue weighted by Gasteiger charge is -2.49. The lowest BCUT2D eigenvalue weighted by atomic mass is 10.0. The fourth-order valence-corrected chi connectivity index (χ4v) is 9.65. The van der Waals surface area contributed by atoms with Crippen molar-refractivity contribution in [3.05, 3.63) is 103 Å². The Morgan fingerprint density at radius 3 is 2.42 bits per heavy atom. The molecule has 4 amide bonds. The summed E-state index contributed by atoms with van der Waals surface area (Å²) < 4.78 is 6.65. The van der Waals surface area contributed by atoms with E-state index in [1.54, 1.807) is 5.38 Å². The van der Waals surface area contributed by atoms with Crippen molar-refractivity contribution in [3.8, 4) is 0 Å². The third-order valence-corrected chi connectivity index (χ3v) is 12.1. The van der Waals surface area contributed by atoms with Gasteiger partial charge in [-0.05, 0) is 11.1 Å². The summed E-state index contributed by atoms with van der Waals surface area (Å²) in [6, 6.07) is 17.1. The van der Waals surface area contributed by atoms with Gasteiger partial charge in [0.15, 0.2) is 21.3 Å². The van der Waals surface area contributed by atoms with E-state index >= 15 is 0 Å². The Kier molecular flexibility index (Phi) is 11.9. The molecule has 0 aliphatic carbocycles. The molecule has 6 rings (SSSR count). The first-order valence-corrected chi connectivity index (χ1v) is 19.3. The summed E-state index contributed by atoms with van der Waals surface area (Å²) in [5.41, 5.74) is 6.46. The molecule has 1 saturated heterocycles. The highest BCUT2D eigenvalue weighted by atomic mass is 35.5. The molecule has 272 valence electrons. The molecular weight excluding hydrogens is 786 g/mol. The van der Waals surface area contributed by atoms with Crippen molar-refractivity contribution in [2.75, 3.05) is 11.1 Å². The van der Waals surface area contributed by atoms with Gasteiger partial charge in [-0.3, -0.25) is 24.1 Å². The van der Waals surface area contributed by atoms with Gasteiger partial charge < -0.3 is 25.9 Å². The zero-order valence-electron chi connectivity index (χ0n) is 27.2. The number of benzene rings is 2. The van der Waals surface area contributed by atoms with Gasteiger partial charge in [0.1, 0.15) is 27.1 Å². The van der Waals surface area contributed by atoms with Crippen LogP contribution < -0.4 is 16.4 Å². The number of hydrogen-bond acceptors (Lipinski definition) is 15. The Balaban J connectivity index is 1.31. The summed E-state index contributed by atoms with van der Waals surface area (Å²) in [5, 5.41) is 9.52. The molecule has 2 aliphatic rings. The van der Waals surface area contributed by atoms with E-state index < -0.39 is 52.9 Å². The van der Waals surface area contributed by atoms with Crippen LogP contribution in [0.1, 0.15) is 35.5 Å². The highest BCUT2D eigenvalue weighted by Gasteiger charge is 2.55. The van der Waals surface area contributed by atoms with Crippen molar-refractivity contribution in [2.45, 2.75) is 35.2 Å². The van der Waals surface area contributed by atoms with Gasteiger partial charge in [0.2, 0.25) is 12.3 Å². The fourth-order valence-electron chi connectivity index (χ4n) is 5.18. The smallest absolute Gasteiger partial charge is 0.356 e. The van der Waals surface area contributed by atoms with Gasteiger partial charge in [0, 0.05) is 23.0 Å². The topological polar surface area (TPSA) is 212 Å². The molecule has 4 aromatic rings. The maximum atomic E-state index is 14.3. The standard InChI is InChI=1S/C33H26ClN7O8S4/c1-16(43)49-40-23(22-27(34)53-32(39-22)36-15-42)28(45)38-24-29(46)41-25(20(14-50-30(24)41)52-33-37-19(13-51-33)12-21(35)44)31(47)48-26(17-8-4-2-5-9-17)18-10-6-3-7-11-18/h2-11,13,15,24,26,30H,12,14H2,1H3,(H2,35,44)(H,38,45)(H,36,39,42)/b40-23-/t24-,30-/m1/s1. The number of amides is 4. The molecule has 4 heterocycles. The third kappa shape index (κ3) is 8.60. The SMILES string of the molecule is CC(=O)O/N=C(\C(=O)N[C@@H]1C(=O)N2C(C(=O)OC(c3ccccc3)c3ccccc3)=C(Sc3nc(CC(N)=O)cs3)CS[C@H]12)c1nc(NC=O)sc1Cl. The average Bonchev–Trinajstić information content (AvgIpc) is 3.74. The minimum absolute atomic E-state index is 0.0290. The highest BCUT2D eigenvalue weighted by molar-refractivity contribution is 8.07. The van der Waals surface area contributed by atoms with Crippen LogP contribution in [0, 0.1) is 0 Å². The van der Waals surface area contributed by atoms with Crippen molar-refractivity contribution in [1.82, 2.24) is 20.2 Å². The summed E-state index contributed by atoms with van der Waals surface area (Å²) in [7, 11) is 0. The van der Waals surface area contributed by atoms with Gasteiger partial charge in [0.05, 0.1) is 12.1 Å². The number of thiazole rings is 2. The Bertz CT molecular complexity index is 2100. The van der Waals surface area contributed by atoms with E-state index in [1.807, 2.05) is 60.7 Å². The largest absolute Gasteiger partial charge is 0.448 e. The van der Waals surface area contributed by atoms with Crippen LogP contribution in [0.3, 0.4) is 0 Å². The number of rotatable bonds is 14. The number of anilines is 1. The minimum Gasteiger partial charge on any atom is -0.448 e. The predicted molar refractivity (Wildman–Crippen MR) is 199 cm³/mol. The number of nitrogens with one attached hydrogen (secondary N) is 2. The van der Waals surface area contributed by atoms with E-state index in [9.17, 15) is 28.8 Å². The molecule has 2 atom stereocenters. The monoisotopic (exact) mass is 811 g/mol. The molecule has 4 N–H and O–H groups in total. The zero-order chi connectivity index (χ0) is 37.6. The number of ether oxygens (including phenoxy) is 1. The van der Waals surface area contributed by atoms with Crippen LogP contribution in [-0.2, 0) is 44.8 Å². The molecule has 20 heteroatoms. The maximum absolute atomic E-state index is 14.3. The van der Waals surface area contributed by atoms with Crippen molar-refractivity contribution in [2.24, 2.45) is 10.9 Å². The van der Waals surface area contributed by atoms with E-state index in [4.69, 9.17) is 26.9 Å². The minimum atomic E-state index is -1.16. The van der Waals surface area contributed by atoms with Gasteiger partial charge in [-0.2, -0.15) is 0 Å². The number of fused-ring (bicyclic) bond motifs is 1. The first kappa shape index (κ1) is 37.7. The van der Waals surface area contributed by atoms with Crippen molar-refractivity contribution in [3.63, 3.8) is 0 Å². The Morgan fingerprint density at radius 1 is 1.11 bits per heavy atom. The molecular formula is C33H26ClN7O8S4. The molecule has 0 saturated carbocycles. The summed E-state index contributed by atoms with van der Waals surface area (Å²) in [6.45, 7) is 1.07. The van der Waals surface area contributed by atoms with Gasteiger partial charge in [-0.25, -0.2) is 19.6 Å². The average molecular weight is 812 g/mol. The lowest BCUT2D eigenvalue weighted by molar-refractivity contribution is -0.154. The van der Waals surface area contributed by atoms with E-state index in [1.165, 1.54) is 28.0 Å². The first-order valence-electron chi connectivity index (χ1n) is 15.4. The number of thioether (sulfide) groups is 2. The number of primary amides is 1. The number of nitrogens with two attached hydrogens (primary N) is 1. The lowest BCUT2D eigenvalue weighted by Crippen LogP contribution is -2.71. The zero-order valence-corrected chi connectivity index (χ0v) is 31.2. The third-order valence-electron chi connectivity index (χ3n) is 7.41. The number of aromatic nitrogens is 2. The summed E-state index contributed by atoms with van der Waals surface area (Å²) in [5.74, 6) is -3.55. The Morgan fingerprint density at radius 2 is 1.79 bits per heavy atom. The molecule has 2 aliphatic heterocycles. The number of carbonyl (C=O) groups excluding carboxylic acids is 6. The number of halogens is 1. The summed E-state index contributed by atoms with van der Waals surface area (Å²) in [6.07, 6.45) is -0.525. The second-order valence-electron chi connectivity index (χ2n) is 11.0. The number of carbonyl (C=O) groups is 6. The Hall–Kier alpha value is -5.08. The van der Waals surface area contributed by atoms with Gasteiger partial charge in [0.25, 0.3) is 11.8 Å². The molecule has 0 unspecified atom stereocenters. The summed E-state index contributed by atoms with van der Waals surface area (Å²) >= 11 is 10.8. The number of hydrogen-bond donors (Lipinski definition) is 3.